The summed E-state index contributed by atoms with van der Waals surface area (Å²) in [6, 6.07) is 10.0. The molecule has 3 rings (SSSR count). The highest BCUT2D eigenvalue weighted by atomic mass is 16.5. The van der Waals surface area contributed by atoms with Crippen LogP contribution in [0.3, 0.4) is 0 Å². The van der Waals surface area contributed by atoms with E-state index in [2.05, 4.69) is 28.7 Å². The minimum atomic E-state index is -1.12. The molecule has 34 heavy (non-hydrogen) atoms. The first kappa shape index (κ1) is 25.3. The molecular weight excluding hydrogens is 434 g/mol. The van der Waals surface area contributed by atoms with Gasteiger partial charge in [0.25, 0.3) is 0 Å². The van der Waals surface area contributed by atoms with E-state index in [1.165, 1.54) is 11.2 Å². The van der Waals surface area contributed by atoms with Crippen molar-refractivity contribution in [2.45, 2.75) is 46.2 Å². The molecule has 1 fully saturated rings. The molecule has 2 aromatic rings. The summed E-state index contributed by atoms with van der Waals surface area (Å²) in [4.78, 5) is 39.6. The summed E-state index contributed by atoms with van der Waals surface area (Å²) in [6.45, 7) is 12.2. The number of nitrogens with zero attached hydrogens (tertiary/aromatic N) is 5. The van der Waals surface area contributed by atoms with Gasteiger partial charge < -0.3 is 19.6 Å². The van der Waals surface area contributed by atoms with Gasteiger partial charge in [0.1, 0.15) is 18.2 Å². The lowest BCUT2D eigenvalue weighted by molar-refractivity contribution is -0.138. The van der Waals surface area contributed by atoms with Gasteiger partial charge in [-0.3, -0.25) is 9.69 Å². The van der Waals surface area contributed by atoms with Gasteiger partial charge in [0.2, 0.25) is 11.8 Å². The van der Waals surface area contributed by atoms with Gasteiger partial charge in [0.15, 0.2) is 0 Å². The molecule has 1 aromatic heterocycles. The second kappa shape index (κ2) is 10.7. The summed E-state index contributed by atoms with van der Waals surface area (Å²) in [5, 5.41) is 10.0. The Bertz CT molecular complexity index is 969. The van der Waals surface area contributed by atoms with E-state index in [4.69, 9.17) is 4.74 Å². The van der Waals surface area contributed by atoms with E-state index in [-0.39, 0.29) is 5.91 Å². The van der Waals surface area contributed by atoms with Crippen molar-refractivity contribution in [2.24, 2.45) is 5.92 Å². The summed E-state index contributed by atoms with van der Waals surface area (Å²) in [5.74, 6) is 1.46. The number of hydrogen-bond acceptors (Lipinski definition) is 6. The number of rotatable bonds is 7. The van der Waals surface area contributed by atoms with E-state index in [1.807, 2.05) is 24.3 Å². The lowest BCUT2D eigenvalue weighted by atomic mass is 9.97. The van der Waals surface area contributed by atoms with Crippen molar-refractivity contribution in [1.82, 2.24) is 19.8 Å². The molecular formula is C25H35N5O4. The van der Waals surface area contributed by atoms with E-state index in [1.54, 1.807) is 37.8 Å². The number of hydrogen-bond donors (Lipinski definition) is 1. The zero-order valence-electron chi connectivity index (χ0n) is 20.6. The highest BCUT2D eigenvalue weighted by molar-refractivity contribution is 5.87. The van der Waals surface area contributed by atoms with Crippen molar-refractivity contribution in [3.05, 3.63) is 48.3 Å². The van der Waals surface area contributed by atoms with Crippen molar-refractivity contribution < 1.29 is 19.4 Å². The molecule has 1 unspecified atom stereocenters. The van der Waals surface area contributed by atoms with Crippen LogP contribution in [0, 0.1) is 5.92 Å². The van der Waals surface area contributed by atoms with Crippen LogP contribution in [-0.2, 0) is 4.79 Å². The molecule has 9 heteroatoms. The van der Waals surface area contributed by atoms with Crippen molar-refractivity contribution >= 4 is 17.8 Å². The Kier molecular flexibility index (Phi) is 7.96. The molecule has 9 nitrogen and oxygen atoms in total. The second-order valence-corrected chi connectivity index (χ2v) is 9.87. The van der Waals surface area contributed by atoms with Crippen molar-refractivity contribution in [2.75, 3.05) is 37.7 Å². The molecule has 1 aromatic carbocycles. The molecule has 1 N–H and O–H groups in total. The zero-order chi connectivity index (χ0) is 24.9. The predicted octanol–water partition coefficient (Wildman–Crippen LogP) is 3.68. The molecule has 1 aliphatic heterocycles. The van der Waals surface area contributed by atoms with Crippen molar-refractivity contribution in [3.63, 3.8) is 0 Å². The number of benzene rings is 1. The Labute approximate surface area is 201 Å². The van der Waals surface area contributed by atoms with Crippen LogP contribution in [0.2, 0.25) is 0 Å². The lowest BCUT2D eigenvalue weighted by Crippen LogP contribution is -2.56. The van der Waals surface area contributed by atoms with E-state index >= 15 is 0 Å². The maximum absolute atomic E-state index is 13.7. The van der Waals surface area contributed by atoms with Crippen LogP contribution in [0.5, 0.6) is 5.88 Å². The van der Waals surface area contributed by atoms with E-state index in [0.29, 0.717) is 50.1 Å². The Morgan fingerprint density at radius 3 is 2.29 bits per heavy atom. The Balaban J connectivity index is 1.76. The van der Waals surface area contributed by atoms with Crippen LogP contribution in [0.4, 0.5) is 10.6 Å². The third kappa shape index (κ3) is 6.15. The van der Waals surface area contributed by atoms with Crippen LogP contribution >= 0.6 is 0 Å². The molecule has 2 amide bonds. The number of anilines is 1. The average molecular weight is 470 g/mol. The predicted molar refractivity (Wildman–Crippen MR) is 130 cm³/mol. The molecule has 0 bridgehead atoms. The molecule has 0 saturated carbocycles. The lowest BCUT2D eigenvalue weighted by Gasteiger charge is -2.43. The molecule has 1 atom stereocenters. The largest absolute Gasteiger partial charge is 0.477 e. The van der Waals surface area contributed by atoms with Gasteiger partial charge in [0.05, 0.1) is 6.61 Å². The third-order valence-electron chi connectivity index (χ3n) is 5.64. The summed E-state index contributed by atoms with van der Waals surface area (Å²) < 4.78 is 5.72. The number of ether oxygens (including phenoxy) is 1. The Hall–Kier alpha value is -3.36. The highest BCUT2D eigenvalue weighted by Gasteiger charge is 2.41. The summed E-state index contributed by atoms with van der Waals surface area (Å²) >= 11 is 0. The molecule has 184 valence electrons. The van der Waals surface area contributed by atoms with Crippen molar-refractivity contribution in [1.29, 1.82) is 0 Å². The monoisotopic (exact) mass is 469 g/mol. The smallest absolute Gasteiger partial charge is 0.408 e. The molecule has 0 spiro atoms. The third-order valence-corrected chi connectivity index (χ3v) is 5.64. The summed E-state index contributed by atoms with van der Waals surface area (Å²) in [5.41, 5.74) is -0.0908. The fourth-order valence-electron chi connectivity index (χ4n) is 3.98. The Morgan fingerprint density at radius 2 is 1.74 bits per heavy atom. The maximum Gasteiger partial charge on any atom is 0.408 e. The fraction of sp³-hybridized carbons (Fsp3) is 0.520. The van der Waals surface area contributed by atoms with Crippen LogP contribution < -0.4 is 9.64 Å². The summed E-state index contributed by atoms with van der Waals surface area (Å²) in [6.07, 6.45) is 0.366. The number of amides is 2. The van der Waals surface area contributed by atoms with E-state index in [9.17, 15) is 14.7 Å². The summed E-state index contributed by atoms with van der Waals surface area (Å²) in [7, 11) is 0. The fourth-order valence-corrected chi connectivity index (χ4v) is 3.98. The van der Waals surface area contributed by atoms with Gasteiger partial charge in [0, 0.05) is 37.8 Å². The second-order valence-electron chi connectivity index (χ2n) is 9.87. The maximum atomic E-state index is 13.7. The van der Waals surface area contributed by atoms with Crippen LogP contribution in [0.15, 0.2) is 42.7 Å². The van der Waals surface area contributed by atoms with Gasteiger partial charge in [-0.2, -0.15) is 0 Å². The number of carboxylic acid groups (broad SMARTS) is 1. The number of carbonyl (C=O) groups is 2. The normalized spacial score (nSPS) is 15.2. The number of aromatic nitrogens is 2. The van der Waals surface area contributed by atoms with Crippen LogP contribution in [0.1, 0.15) is 46.2 Å². The quantitative estimate of drug-likeness (QED) is 0.660. The zero-order valence-corrected chi connectivity index (χ0v) is 20.6. The van der Waals surface area contributed by atoms with Crippen LogP contribution in [0.25, 0.3) is 0 Å². The first-order valence-corrected chi connectivity index (χ1v) is 11.6. The standard InChI is InChI=1S/C25H35N5O4/c1-18(2)16-34-21-15-20(26-17-27-21)28-11-13-29(14-12-28)23(31)22(19-9-7-6-8-10-19)30(24(32)33)25(3,4)5/h6-10,15,17-18,22H,11-14,16H2,1-5H3,(H,32,33). The average Bonchev–Trinajstić information content (AvgIpc) is 2.80. The van der Waals surface area contributed by atoms with Gasteiger partial charge in [-0.25, -0.2) is 14.8 Å². The van der Waals surface area contributed by atoms with Gasteiger partial charge in [-0.1, -0.05) is 44.2 Å². The highest BCUT2D eigenvalue weighted by Crippen LogP contribution is 2.31. The minimum absolute atomic E-state index is 0.216. The van der Waals surface area contributed by atoms with E-state index < -0.39 is 17.7 Å². The molecule has 2 heterocycles. The first-order chi connectivity index (χ1) is 16.1. The van der Waals surface area contributed by atoms with E-state index in [0.717, 1.165) is 5.82 Å². The van der Waals surface area contributed by atoms with Crippen LogP contribution in [-0.4, -0.2) is 75.2 Å². The molecule has 0 aliphatic carbocycles. The van der Waals surface area contributed by atoms with Gasteiger partial charge in [-0.05, 0) is 32.3 Å². The minimum Gasteiger partial charge on any atom is -0.477 e. The SMILES string of the molecule is CC(C)COc1cc(N2CCN(C(=O)C(c3ccccc3)N(C(=O)O)C(C)(C)C)CC2)ncn1. The topological polar surface area (TPSA) is 99.1 Å². The molecule has 1 saturated heterocycles. The number of piperazine rings is 1. The molecule has 0 radical (unpaired) electrons. The Morgan fingerprint density at radius 1 is 1.09 bits per heavy atom. The first-order valence-electron chi connectivity index (χ1n) is 11.6. The number of carbonyl (C=O) groups excluding carboxylic acids is 1. The van der Waals surface area contributed by atoms with Gasteiger partial charge >= 0.3 is 6.09 Å². The molecule has 1 aliphatic rings. The van der Waals surface area contributed by atoms with Crippen molar-refractivity contribution in [3.8, 4) is 5.88 Å². The van der Waals surface area contributed by atoms with Gasteiger partial charge in [-0.15, -0.1) is 0 Å².